The zero-order valence-corrected chi connectivity index (χ0v) is 20.9. The SMILES string of the molecule is O=C(O)C[C@H]1CC[C@H](c2ccc(-c3ccc4nc(C(=O)NCc5ccc(F)c(Cl)c5)cn4c3)cc2)CC1. The van der Waals surface area contributed by atoms with Gasteiger partial charge >= 0.3 is 5.97 Å². The number of carboxylic acid groups (broad SMARTS) is 1. The number of halogens is 2. The summed E-state index contributed by atoms with van der Waals surface area (Å²) in [6, 6.07) is 16.7. The van der Waals surface area contributed by atoms with E-state index in [1.54, 1.807) is 12.3 Å². The van der Waals surface area contributed by atoms with Gasteiger partial charge in [-0.3, -0.25) is 9.59 Å². The van der Waals surface area contributed by atoms with Gasteiger partial charge in [0.2, 0.25) is 0 Å². The van der Waals surface area contributed by atoms with E-state index in [4.69, 9.17) is 16.7 Å². The number of pyridine rings is 1. The Kier molecular flexibility index (Phi) is 7.24. The maximum absolute atomic E-state index is 13.3. The van der Waals surface area contributed by atoms with Crippen molar-refractivity contribution in [1.82, 2.24) is 14.7 Å². The normalized spacial score (nSPS) is 17.6. The first-order valence-electron chi connectivity index (χ1n) is 12.4. The monoisotopic (exact) mass is 519 g/mol. The first-order valence-corrected chi connectivity index (χ1v) is 12.8. The number of hydrogen-bond donors (Lipinski definition) is 2. The number of nitrogens with zero attached hydrogens (tertiary/aromatic N) is 2. The van der Waals surface area contributed by atoms with Gasteiger partial charge in [0.05, 0.1) is 5.02 Å². The molecule has 0 bridgehead atoms. The second-order valence-corrected chi connectivity index (χ2v) is 10.1. The molecular formula is C29H27ClFN3O3. The minimum Gasteiger partial charge on any atom is -0.481 e. The molecule has 190 valence electrons. The number of hydrogen-bond acceptors (Lipinski definition) is 3. The van der Waals surface area contributed by atoms with Crippen molar-refractivity contribution in [1.29, 1.82) is 0 Å². The number of rotatable bonds is 7. The summed E-state index contributed by atoms with van der Waals surface area (Å²) in [5, 5.41) is 11.8. The van der Waals surface area contributed by atoms with E-state index in [1.165, 1.54) is 17.7 Å². The molecule has 1 saturated carbocycles. The summed E-state index contributed by atoms with van der Waals surface area (Å²) < 4.78 is 15.2. The van der Waals surface area contributed by atoms with E-state index >= 15 is 0 Å². The lowest BCUT2D eigenvalue weighted by molar-refractivity contribution is -0.138. The second-order valence-electron chi connectivity index (χ2n) is 9.68. The fourth-order valence-electron chi connectivity index (χ4n) is 5.09. The number of imidazole rings is 1. The maximum Gasteiger partial charge on any atom is 0.303 e. The Morgan fingerprint density at radius 2 is 1.73 bits per heavy atom. The van der Waals surface area contributed by atoms with E-state index in [2.05, 4.69) is 34.6 Å². The molecule has 1 aliphatic rings. The molecule has 0 saturated heterocycles. The van der Waals surface area contributed by atoms with Crippen molar-refractivity contribution in [3.05, 3.63) is 94.7 Å². The molecule has 6 nitrogen and oxygen atoms in total. The van der Waals surface area contributed by atoms with Crippen molar-refractivity contribution in [2.75, 3.05) is 0 Å². The highest BCUT2D eigenvalue weighted by Crippen LogP contribution is 2.37. The Morgan fingerprint density at radius 1 is 1.00 bits per heavy atom. The first kappa shape index (κ1) is 25.0. The molecule has 0 spiro atoms. The fourth-order valence-corrected chi connectivity index (χ4v) is 5.29. The standard InChI is InChI=1S/C29H27ClFN3O3/c30-24-13-19(3-11-25(24)31)15-32-29(37)26-17-34-16-23(10-12-27(34)33-26)22-8-6-21(7-9-22)20-4-1-18(2-5-20)14-28(35)36/h3,6-13,16-18,20H,1-2,4-5,14-15H2,(H,32,37)(H,35,36)/t18-,20-. The zero-order valence-electron chi connectivity index (χ0n) is 20.2. The third-order valence-electron chi connectivity index (χ3n) is 7.15. The average molecular weight is 520 g/mol. The van der Waals surface area contributed by atoms with Crippen LogP contribution in [0.2, 0.25) is 5.02 Å². The summed E-state index contributed by atoms with van der Waals surface area (Å²) in [5.41, 5.74) is 5.02. The Labute approximate surface area is 219 Å². The molecule has 0 aliphatic heterocycles. The van der Waals surface area contributed by atoms with Crippen molar-refractivity contribution in [2.24, 2.45) is 5.92 Å². The van der Waals surface area contributed by atoms with Crippen LogP contribution in [0, 0.1) is 11.7 Å². The van der Waals surface area contributed by atoms with E-state index in [0.717, 1.165) is 36.8 Å². The Bertz CT molecular complexity index is 1440. The maximum atomic E-state index is 13.3. The number of carbonyl (C=O) groups is 2. The number of fused-ring (bicyclic) bond motifs is 1. The summed E-state index contributed by atoms with van der Waals surface area (Å²) in [7, 11) is 0. The van der Waals surface area contributed by atoms with Gasteiger partial charge in [0.25, 0.3) is 5.91 Å². The lowest BCUT2D eigenvalue weighted by Gasteiger charge is -2.28. The van der Waals surface area contributed by atoms with Crippen molar-refractivity contribution in [3.8, 4) is 11.1 Å². The second kappa shape index (κ2) is 10.7. The van der Waals surface area contributed by atoms with Gasteiger partial charge in [-0.15, -0.1) is 0 Å². The number of nitrogens with one attached hydrogen (secondary N) is 1. The molecule has 0 radical (unpaired) electrons. The summed E-state index contributed by atoms with van der Waals surface area (Å²) in [6.07, 6.45) is 7.89. The van der Waals surface area contributed by atoms with Crippen molar-refractivity contribution in [3.63, 3.8) is 0 Å². The quantitative estimate of drug-likeness (QED) is 0.293. The molecule has 1 amide bonds. The van der Waals surface area contributed by atoms with Crippen LogP contribution in [0.1, 0.15) is 59.6 Å². The molecule has 2 heterocycles. The molecule has 1 aliphatic carbocycles. The zero-order chi connectivity index (χ0) is 25.9. The number of carboxylic acids is 1. The summed E-state index contributed by atoms with van der Waals surface area (Å²) in [6.45, 7) is 0.214. The third-order valence-corrected chi connectivity index (χ3v) is 7.44. The Balaban J connectivity index is 1.24. The van der Waals surface area contributed by atoms with Crippen LogP contribution in [0.15, 0.2) is 67.0 Å². The van der Waals surface area contributed by atoms with Crippen molar-refractivity contribution < 1.29 is 19.1 Å². The highest BCUT2D eigenvalue weighted by Gasteiger charge is 2.24. The van der Waals surface area contributed by atoms with E-state index < -0.39 is 11.8 Å². The molecule has 5 rings (SSSR count). The number of benzene rings is 2. The van der Waals surface area contributed by atoms with Crippen LogP contribution >= 0.6 is 11.6 Å². The predicted octanol–water partition coefficient (Wildman–Crippen LogP) is 6.47. The highest BCUT2D eigenvalue weighted by atomic mass is 35.5. The molecule has 2 N–H and O–H groups in total. The summed E-state index contributed by atoms with van der Waals surface area (Å²) >= 11 is 5.81. The minimum atomic E-state index is -0.703. The number of aliphatic carboxylic acids is 1. The van der Waals surface area contributed by atoms with Crippen LogP contribution in [0.5, 0.6) is 0 Å². The van der Waals surface area contributed by atoms with Crippen LogP contribution in [0.25, 0.3) is 16.8 Å². The molecular weight excluding hydrogens is 493 g/mol. The van der Waals surface area contributed by atoms with Gasteiger partial charge < -0.3 is 14.8 Å². The fraction of sp³-hybridized carbons (Fsp3) is 0.276. The van der Waals surface area contributed by atoms with Crippen LogP contribution in [0.3, 0.4) is 0 Å². The predicted molar refractivity (Wildman–Crippen MR) is 140 cm³/mol. The highest BCUT2D eigenvalue weighted by molar-refractivity contribution is 6.30. The lowest BCUT2D eigenvalue weighted by Crippen LogP contribution is -2.23. The van der Waals surface area contributed by atoms with Gasteiger partial charge in [-0.2, -0.15) is 0 Å². The molecule has 0 atom stereocenters. The average Bonchev–Trinajstić information content (AvgIpc) is 3.33. The van der Waals surface area contributed by atoms with Crippen molar-refractivity contribution >= 4 is 29.1 Å². The molecule has 2 aromatic carbocycles. The first-order chi connectivity index (χ1) is 17.9. The molecule has 8 heteroatoms. The van der Waals surface area contributed by atoms with E-state index in [-0.39, 0.29) is 23.9 Å². The van der Waals surface area contributed by atoms with Gasteiger partial charge in [0.1, 0.15) is 17.2 Å². The number of carbonyl (C=O) groups excluding carboxylic acids is 1. The third kappa shape index (κ3) is 5.83. The van der Waals surface area contributed by atoms with E-state index in [0.29, 0.717) is 28.7 Å². The molecule has 37 heavy (non-hydrogen) atoms. The summed E-state index contributed by atoms with van der Waals surface area (Å²) in [4.78, 5) is 28.0. The van der Waals surface area contributed by atoms with Gasteiger partial charge in [0, 0.05) is 25.4 Å². The summed E-state index contributed by atoms with van der Waals surface area (Å²) in [5.74, 6) is -0.757. The van der Waals surface area contributed by atoms with E-state index in [9.17, 15) is 14.0 Å². The number of amides is 1. The van der Waals surface area contributed by atoms with E-state index in [1.807, 2.05) is 22.7 Å². The lowest BCUT2D eigenvalue weighted by atomic mass is 9.77. The largest absolute Gasteiger partial charge is 0.481 e. The smallest absolute Gasteiger partial charge is 0.303 e. The molecule has 0 unspecified atom stereocenters. The minimum absolute atomic E-state index is 0.0168. The van der Waals surface area contributed by atoms with Gasteiger partial charge in [-0.05, 0) is 84.0 Å². The van der Waals surface area contributed by atoms with Crippen molar-refractivity contribution in [2.45, 2.75) is 44.6 Å². The number of aromatic nitrogens is 2. The topological polar surface area (TPSA) is 83.7 Å². The Hall–Kier alpha value is -3.71. The molecule has 2 aromatic heterocycles. The van der Waals surface area contributed by atoms with Crippen LogP contribution in [-0.4, -0.2) is 26.4 Å². The Morgan fingerprint density at radius 3 is 2.43 bits per heavy atom. The van der Waals surface area contributed by atoms with Crippen LogP contribution in [-0.2, 0) is 11.3 Å². The van der Waals surface area contributed by atoms with Gasteiger partial charge in [-0.25, -0.2) is 9.37 Å². The van der Waals surface area contributed by atoms with Crippen LogP contribution < -0.4 is 5.32 Å². The molecule has 1 fully saturated rings. The van der Waals surface area contributed by atoms with Crippen LogP contribution in [0.4, 0.5) is 4.39 Å². The van der Waals surface area contributed by atoms with Gasteiger partial charge in [-0.1, -0.05) is 41.9 Å². The molecule has 4 aromatic rings. The van der Waals surface area contributed by atoms with Gasteiger partial charge in [0.15, 0.2) is 0 Å².